The Morgan fingerprint density at radius 1 is 0.867 bits per heavy atom. The van der Waals surface area contributed by atoms with Crippen LogP contribution in [0.5, 0.6) is 0 Å². The lowest BCUT2D eigenvalue weighted by molar-refractivity contribution is 0.403. The molecule has 0 fully saturated rings. The molecule has 15 heavy (non-hydrogen) atoms. The molecule has 0 atom stereocenters. The fourth-order valence-electron chi connectivity index (χ4n) is 3.05. The minimum absolute atomic E-state index is 0.209. The van der Waals surface area contributed by atoms with Crippen molar-refractivity contribution in [2.24, 2.45) is 0 Å². The van der Waals surface area contributed by atoms with Gasteiger partial charge in [-0.3, -0.25) is 0 Å². The molecule has 0 heterocycles. The van der Waals surface area contributed by atoms with Crippen LogP contribution >= 0.6 is 0 Å². The number of fused-ring (bicyclic) bond motifs is 1. The van der Waals surface area contributed by atoms with E-state index in [1.807, 2.05) is 0 Å². The van der Waals surface area contributed by atoms with Gasteiger partial charge in [0.1, 0.15) is 0 Å². The first-order valence-electron chi connectivity index (χ1n) is 5.44. The van der Waals surface area contributed by atoms with E-state index in [0.29, 0.717) is 11.4 Å². The van der Waals surface area contributed by atoms with E-state index in [0.717, 1.165) is 6.42 Å². The zero-order chi connectivity index (χ0) is 11.4. The SMILES string of the molecule is CC1(C)CC(C)(C)c2cc(N)c(N)cc21. The molecule has 0 unspecified atom stereocenters. The molecule has 82 valence electrons. The minimum Gasteiger partial charge on any atom is -0.397 e. The highest BCUT2D eigenvalue weighted by Gasteiger charge is 2.42. The number of rotatable bonds is 0. The number of nitrogens with two attached hydrogens (primary N) is 2. The zero-order valence-electron chi connectivity index (χ0n) is 10.0. The average molecular weight is 204 g/mol. The van der Waals surface area contributed by atoms with Crippen molar-refractivity contribution in [2.45, 2.75) is 44.9 Å². The van der Waals surface area contributed by atoms with Crippen molar-refractivity contribution in [3.05, 3.63) is 23.3 Å². The lowest BCUT2D eigenvalue weighted by Gasteiger charge is -2.22. The Morgan fingerprint density at radius 3 is 1.53 bits per heavy atom. The molecule has 0 aliphatic heterocycles. The lowest BCUT2D eigenvalue weighted by atomic mass is 9.82. The number of nitrogen functional groups attached to an aromatic ring is 2. The Balaban J connectivity index is 2.71. The molecule has 2 rings (SSSR count). The van der Waals surface area contributed by atoms with Crippen LogP contribution in [-0.2, 0) is 10.8 Å². The van der Waals surface area contributed by atoms with Crippen molar-refractivity contribution < 1.29 is 0 Å². The first-order chi connectivity index (χ1) is 6.74. The summed E-state index contributed by atoms with van der Waals surface area (Å²) in [6.45, 7) is 9.10. The number of hydrogen-bond donors (Lipinski definition) is 2. The number of anilines is 2. The molecule has 1 aromatic carbocycles. The van der Waals surface area contributed by atoms with Crippen LogP contribution in [0.2, 0.25) is 0 Å². The summed E-state index contributed by atoms with van der Waals surface area (Å²) in [4.78, 5) is 0. The van der Waals surface area contributed by atoms with Crippen molar-refractivity contribution in [1.29, 1.82) is 0 Å². The predicted octanol–water partition coefficient (Wildman–Crippen LogP) is 2.81. The summed E-state index contributed by atoms with van der Waals surface area (Å²) >= 11 is 0. The highest BCUT2D eigenvalue weighted by molar-refractivity contribution is 5.68. The van der Waals surface area contributed by atoms with E-state index in [1.165, 1.54) is 11.1 Å². The first kappa shape index (κ1) is 10.3. The molecule has 0 spiro atoms. The topological polar surface area (TPSA) is 52.0 Å². The molecule has 0 aromatic heterocycles. The zero-order valence-corrected chi connectivity index (χ0v) is 10.0. The van der Waals surface area contributed by atoms with Crippen LogP contribution in [0.1, 0.15) is 45.2 Å². The Kier molecular flexibility index (Phi) is 1.85. The smallest absolute Gasteiger partial charge is 0.0550 e. The fourth-order valence-corrected chi connectivity index (χ4v) is 3.05. The Hall–Kier alpha value is -1.18. The van der Waals surface area contributed by atoms with Crippen LogP contribution < -0.4 is 11.5 Å². The number of hydrogen-bond acceptors (Lipinski definition) is 2. The summed E-state index contributed by atoms with van der Waals surface area (Å²) in [6, 6.07) is 4.11. The maximum absolute atomic E-state index is 5.88. The van der Waals surface area contributed by atoms with Gasteiger partial charge in [0.05, 0.1) is 11.4 Å². The van der Waals surface area contributed by atoms with Gasteiger partial charge in [-0.15, -0.1) is 0 Å². The third-order valence-corrected chi connectivity index (χ3v) is 3.57. The summed E-state index contributed by atoms with van der Waals surface area (Å²) in [7, 11) is 0. The van der Waals surface area contributed by atoms with E-state index in [4.69, 9.17) is 11.5 Å². The second-order valence-electron chi connectivity index (χ2n) is 5.97. The number of benzene rings is 1. The quantitative estimate of drug-likeness (QED) is 0.638. The van der Waals surface area contributed by atoms with Gasteiger partial charge in [-0.05, 0) is 40.5 Å². The third-order valence-electron chi connectivity index (χ3n) is 3.57. The Morgan fingerprint density at radius 2 is 1.20 bits per heavy atom. The first-order valence-corrected chi connectivity index (χ1v) is 5.44. The Bertz CT molecular complexity index is 378. The molecular weight excluding hydrogens is 184 g/mol. The van der Waals surface area contributed by atoms with E-state index in [2.05, 4.69) is 39.8 Å². The summed E-state index contributed by atoms with van der Waals surface area (Å²) in [5.41, 5.74) is 16.3. The molecule has 0 saturated heterocycles. The molecule has 0 bridgehead atoms. The molecule has 1 aliphatic rings. The van der Waals surface area contributed by atoms with Gasteiger partial charge in [0, 0.05) is 0 Å². The van der Waals surface area contributed by atoms with Gasteiger partial charge in [0.15, 0.2) is 0 Å². The van der Waals surface area contributed by atoms with Crippen molar-refractivity contribution in [1.82, 2.24) is 0 Å². The second kappa shape index (κ2) is 2.69. The summed E-state index contributed by atoms with van der Waals surface area (Å²) in [6.07, 6.45) is 1.15. The Labute approximate surface area is 91.7 Å². The lowest BCUT2D eigenvalue weighted by Crippen LogP contribution is -2.18. The van der Waals surface area contributed by atoms with Crippen LogP contribution in [0.15, 0.2) is 12.1 Å². The van der Waals surface area contributed by atoms with Crippen LogP contribution in [-0.4, -0.2) is 0 Å². The van der Waals surface area contributed by atoms with E-state index >= 15 is 0 Å². The molecule has 0 radical (unpaired) electrons. The molecule has 2 nitrogen and oxygen atoms in total. The van der Waals surface area contributed by atoms with Gasteiger partial charge >= 0.3 is 0 Å². The molecular formula is C13H20N2. The predicted molar refractivity (Wildman–Crippen MR) is 65.9 cm³/mol. The highest BCUT2D eigenvalue weighted by atomic mass is 14.7. The van der Waals surface area contributed by atoms with E-state index in [-0.39, 0.29) is 10.8 Å². The highest BCUT2D eigenvalue weighted by Crippen LogP contribution is 2.50. The third kappa shape index (κ3) is 1.39. The van der Waals surface area contributed by atoms with Crippen LogP contribution in [0.25, 0.3) is 0 Å². The molecule has 1 aliphatic carbocycles. The van der Waals surface area contributed by atoms with Gasteiger partial charge in [0.25, 0.3) is 0 Å². The van der Waals surface area contributed by atoms with Crippen molar-refractivity contribution >= 4 is 11.4 Å². The van der Waals surface area contributed by atoms with E-state index in [9.17, 15) is 0 Å². The van der Waals surface area contributed by atoms with Crippen molar-refractivity contribution in [3.63, 3.8) is 0 Å². The van der Waals surface area contributed by atoms with E-state index in [1.54, 1.807) is 0 Å². The largest absolute Gasteiger partial charge is 0.397 e. The molecule has 0 amide bonds. The standard InChI is InChI=1S/C13H20N2/c1-12(2)7-13(3,4)9-6-11(15)10(14)5-8(9)12/h5-6H,7,14-15H2,1-4H3. The maximum Gasteiger partial charge on any atom is 0.0550 e. The summed E-state index contributed by atoms with van der Waals surface area (Å²) in [5, 5.41) is 0. The van der Waals surface area contributed by atoms with Crippen LogP contribution in [0, 0.1) is 0 Å². The van der Waals surface area contributed by atoms with Crippen LogP contribution in [0.4, 0.5) is 11.4 Å². The van der Waals surface area contributed by atoms with Gasteiger partial charge in [-0.2, -0.15) is 0 Å². The summed E-state index contributed by atoms with van der Waals surface area (Å²) in [5.74, 6) is 0. The van der Waals surface area contributed by atoms with Crippen molar-refractivity contribution in [2.75, 3.05) is 11.5 Å². The fraction of sp³-hybridized carbons (Fsp3) is 0.538. The van der Waals surface area contributed by atoms with Crippen molar-refractivity contribution in [3.8, 4) is 0 Å². The maximum atomic E-state index is 5.88. The van der Waals surface area contributed by atoms with Gasteiger partial charge in [-0.25, -0.2) is 0 Å². The van der Waals surface area contributed by atoms with Gasteiger partial charge in [0.2, 0.25) is 0 Å². The van der Waals surface area contributed by atoms with Gasteiger partial charge in [-0.1, -0.05) is 27.7 Å². The average Bonchev–Trinajstić information content (AvgIpc) is 2.21. The molecule has 4 N–H and O–H groups in total. The molecule has 1 aromatic rings. The van der Waals surface area contributed by atoms with E-state index < -0.39 is 0 Å². The summed E-state index contributed by atoms with van der Waals surface area (Å²) < 4.78 is 0. The molecule has 0 saturated carbocycles. The molecule has 2 heteroatoms. The second-order valence-corrected chi connectivity index (χ2v) is 5.97. The minimum atomic E-state index is 0.209. The van der Waals surface area contributed by atoms with Gasteiger partial charge < -0.3 is 11.5 Å². The monoisotopic (exact) mass is 204 g/mol. The normalized spacial score (nSPS) is 21.3. The van der Waals surface area contributed by atoms with Crippen LogP contribution in [0.3, 0.4) is 0 Å².